The normalized spacial score (nSPS) is 18.0. The van der Waals surface area contributed by atoms with Gasteiger partial charge in [0.1, 0.15) is 0 Å². The van der Waals surface area contributed by atoms with Crippen molar-refractivity contribution >= 4 is 5.91 Å². The van der Waals surface area contributed by atoms with E-state index in [1.54, 1.807) is 0 Å². The van der Waals surface area contributed by atoms with Crippen LogP contribution in [-0.2, 0) is 11.3 Å². The molecule has 0 aromatic heterocycles. The summed E-state index contributed by atoms with van der Waals surface area (Å²) in [5.74, 6) is 0.227. The van der Waals surface area contributed by atoms with Crippen molar-refractivity contribution in [2.45, 2.75) is 19.9 Å². The van der Waals surface area contributed by atoms with Crippen molar-refractivity contribution in [1.29, 1.82) is 0 Å². The Hall–Kier alpha value is -1.39. The zero-order valence-corrected chi connectivity index (χ0v) is 12.3. The third kappa shape index (κ3) is 3.81. The molecule has 1 unspecified atom stereocenters. The lowest BCUT2D eigenvalue weighted by molar-refractivity contribution is -0.137. The van der Waals surface area contributed by atoms with Crippen LogP contribution < -0.4 is 5.73 Å². The highest BCUT2D eigenvalue weighted by Crippen LogP contribution is 2.12. The molecule has 4 nitrogen and oxygen atoms in total. The molecule has 2 N–H and O–H groups in total. The molecular weight excluding hydrogens is 250 g/mol. The fourth-order valence-corrected chi connectivity index (χ4v) is 2.67. The second kappa shape index (κ2) is 7.41. The summed E-state index contributed by atoms with van der Waals surface area (Å²) in [4.78, 5) is 16.6. The van der Waals surface area contributed by atoms with Crippen LogP contribution in [0.4, 0.5) is 0 Å². The van der Waals surface area contributed by atoms with E-state index in [1.165, 1.54) is 5.56 Å². The van der Waals surface area contributed by atoms with Crippen LogP contribution in [0.1, 0.15) is 18.9 Å². The van der Waals surface area contributed by atoms with E-state index in [4.69, 9.17) is 5.73 Å². The SMILES string of the molecule is CCC(CN)C(=O)N1CCN(Cc2ccccc2)CC1. The third-order valence-electron chi connectivity index (χ3n) is 4.06. The number of carbonyl (C=O) groups is 1. The van der Waals surface area contributed by atoms with Gasteiger partial charge < -0.3 is 10.6 Å². The van der Waals surface area contributed by atoms with Gasteiger partial charge in [-0.05, 0) is 12.0 Å². The van der Waals surface area contributed by atoms with Gasteiger partial charge in [-0.2, -0.15) is 0 Å². The van der Waals surface area contributed by atoms with Crippen molar-refractivity contribution in [2.24, 2.45) is 11.7 Å². The zero-order chi connectivity index (χ0) is 14.4. The van der Waals surface area contributed by atoms with Gasteiger partial charge in [-0.15, -0.1) is 0 Å². The molecule has 110 valence electrons. The lowest BCUT2D eigenvalue weighted by atomic mass is 10.0. The molecular formula is C16H25N3O. The zero-order valence-electron chi connectivity index (χ0n) is 12.3. The molecule has 20 heavy (non-hydrogen) atoms. The van der Waals surface area contributed by atoms with Crippen LogP contribution in [0, 0.1) is 5.92 Å². The minimum Gasteiger partial charge on any atom is -0.340 e. The first kappa shape index (κ1) is 15.0. The van der Waals surface area contributed by atoms with E-state index in [9.17, 15) is 4.79 Å². The van der Waals surface area contributed by atoms with Crippen LogP contribution in [0.2, 0.25) is 0 Å². The van der Waals surface area contributed by atoms with E-state index in [0.29, 0.717) is 6.54 Å². The highest BCUT2D eigenvalue weighted by Gasteiger charge is 2.25. The van der Waals surface area contributed by atoms with E-state index in [0.717, 1.165) is 39.1 Å². The Morgan fingerprint density at radius 2 is 1.85 bits per heavy atom. The van der Waals surface area contributed by atoms with Gasteiger partial charge in [0.25, 0.3) is 0 Å². The predicted octanol–water partition coefficient (Wildman–Crippen LogP) is 1.32. The Kier molecular flexibility index (Phi) is 5.56. The molecule has 0 aliphatic carbocycles. The first-order valence-electron chi connectivity index (χ1n) is 7.49. The smallest absolute Gasteiger partial charge is 0.227 e. The Labute approximate surface area is 121 Å². The lowest BCUT2D eigenvalue weighted by Crippen LogP contribution is -2.50. The summed E-state index contributed by atoms with van der Waals surface area (Å²) >= 11 is 0. The average molecular weight is 275 g/mol. The molecule has 1 aromatic rings. The maximum Gasteiger partial charge on any atom is 0.227 e. The van der Waals surface area contributed by atoms with Crippen LogP contribution in [0.3, 0.4) is 0 Å². The van der Waals surface area contributed by atoms with Crippen LogP contribution in [-0.4, -0.2) is 48.4 Å². The minimum absolute atomic E-state index is 0.00401. The summed E-state index contributed by atoms with van der Waals surface area (Å²) in [5.41, 5.74) is 7.00. The monoisotopic (exact) mass is 275 g/mol. The first-order chi connectivity index (χ1) is 9.74. The molecule has 1 aliphatic rings. The van der Waals surface area contributed by atoms with Gasteiger partial charge in [0.2, 0.25) is 5.91 Å². The van der Waals surface area contributed by atoms with Gasteiger partial charge in [0.15, 0.2) is 0 Å². The summed E-state index contributed by atoms with van der Waals surface area (Å²) in [7, 11) is 0. The fraction of sp³-hybridized carbons (Fsp3) is 0.562. The summed E-state index contributed by atoms with van der Waals surface area (Å²) in [6.45, 7) is 6.99. The fourth-order valence-electron chi connectivity index (χ4n) is 2.67. The van der Waals surface area contributed by atoms with Crippen molar-refractivity contribution in [3.63, 3.8) is 0 Å². The molecule has 1 aliphatic heterocycles. The van der Waals surface area contributed by atoms with Crippen LogP contribution in [0.25, 0.3) is 0 Å². The highest BCUT2D eigenvalue weighted by molar-refractivity contribution is 5.79. The molecule has 1 heterocycles. The molecule has 1 atom stereocenters. The molecule has 1 saturated heterocycles. The topological polar surface area (TPSA) is 49.6 Å². The third-order valence-corrected chi connectivity index (χ3v) is 4.06. The molecule has 1 aromatic carbocycles. The van der Waals surface area contributed by atoms with E-state index in [2.05, 4.69) is 29.2 Å². The Balaban J connectivity index is 1.82. The molecule has 0 bridgehead atoms. The van der Waals surface area contributed by atoms with Gasteiger partial charge in [-0.1, -0.05) is 37.3 Å². The van der Waals surface area contributed by atoms with Crippen molar-refractivity contribution < 1.29 is 4.79 Å². The molecule has 4 heteroatoms. The minimum atomic E-state index is -0.00401. The molecule has 0 spiro atoms. The number of hydrogen-bond donors (Lipinski definition) is 1. The molecule has 1 amide bonds. The Morgan fingerprint density at radius 3 is 2.40 bits per heavy atom. The number of nitrogens with zero attached hydrogens (tertiary/aromatic N) is 2. The molecule has 0 radical (unpaired) electrons. The van der Waals surface area contributed by atoms with E-state index >= 15 is 0 Å². The molecule has 2 rings (SSSR count). The number of piperazine rings is 1. The standard InChI is InChI=1S/C16H25N3O/c1-2-15(12-17)16(20)19-10-8-18(9-11-19)13-14-6-4-3-5-7-14/h3-7,15H,2,8-13,17H2,1H3. The van der Waals surface area contributed by atoms with Crippen molar-refractivity contribution in [1.82, 2.24) is 9.80 Å². The van der Waals surface area contributed by atoms with Gasteiger partial charge >= 0.3 is 0 Å². The molecule has 1 fully saturated rings. The number of benzene rings is 1. The largest absolute Gasteiger partial charge is 0.340 e. The van der Waals surface area contributed by atoms with E-state index in [-0.39, 0.29) is 11.8 Å². The van der Waals surface area contributed by atoms with Gasteiger partial charge in [0.05, 0.1) is 5.92 Å². The second-order valence-electron chi connectivity index (χ2n) is 5.43. The molecule has 0 saturated carbocycles. The van der Waals surface area contributed by atoms with Crippen molar-refractivity contribution in [3.05, 3.63) is 35.9 Å². The number of nitrogens with two attached hydrogens (primary N) is 1. The first-order valence-corrected chi connectivity index (χ1v) is 7.49. The van der Waals surface area contributed by atoms with Crippen LogP contribution >= 0.6 is 0 Å². The number of amides is 1. The van der Waals surface area contributed by atoms with Crippen molar-refractivity contribution in [2.75, 3.05) is 32.7 Å². The summed E-state index contributed by atoms with van der Waals surface area (Å²) in [6, 6.07) is 10.5. The van der Waals surface area contributed by atoms with Crippen LogP contribution in [0.5, 0.6) is 0 Å². The maximum absolute atomic E-state index is 12.3. The van der Waals surface area contributed by atoms with Gasteiger partial charge in [-0.25, -0.2) is 0 Å². The van der Waals surface area contributed by atoms with Gasteiger partial charge in [-0.3, -0.25) is 9.69 Å². The van der Waals surface area contributed by atoms with Crippen molar-refractivity contribution in [3.8, 4) is 0 Å². The quantitative estimate of drug-likeness (QED) is 0.881. The predicted molar refractivity (Wildman–Crippen MR) is 81.1 cm³/mol. The number of carbonyl (C=O) groups excluding carboxylic acids is 1. The highest BCUT2D eigenvalue weighted by atomic mass is 16.2. The van der Waals surface area contributed by atoms with E-state index < -0.39 is 0 Å². The Bertz CT molecular complexity index is 409. The van der Waals surface area contributed by atoms with Crippen LogP contribution in [0.15, 0.2) is 30.3 Å². The average Bonchev–Trinajstić information content (AvgIpc) is 2.50. The lowest BCUT2D eigenvalue weighted by Gasteiger charge is -2.36. The summed E-state index contributed by atoms with van der Waals surface area (Å²) in [6.07, 6.45) is 0.833. The number of rotatable bonds is 5. The van der Waals surface area contributed by atoms with E-state index in [1.807, 2.05) is 17.9 Å². The number of hydrogen-bond acceptors (Lipinski definition) is 3. The summed E-state index contributed by atoms with van der Waals surface area (Å²) < 4.78 is 0. The maximum atomic E-state index is 12.3. The van der Waals surface area contributed by atoms with Gasteiger partial charge in [0, 0.05) is 39.3 Å². The second-order valence-corrected chi connectivity index (χ2v) is 5.43. The Morgan fingerprint density at radius 1 is 1.20 bits per heavy atom. The summed E-state index contributed by atoms with van der Waals surface area (Å²) in [5, 5.41) is 0.